The van der Waals surface area contributed by atoms with Gasteiger partial charge >= 0.3 is 0 Å². The lowest BCUT2D eigenvalue weighted by atomic mass is 9.95. The maximum atomic E-state index is 13.5. The first-order valence-electron chi connectivity index (χ1n) is 12.4. The van der Waals surface area contributed by atoms with Crippen molar-refractivity contribution in [1.82, 2.24) is 9.66 Å². The molecule has 0 aliphatic rings. The summed E-state index contributed by atoms with van der Waals surface area (Å²) in [6.45, 7) is 12.4. The fourth-order valence-corrected chi connectivity index (χ4v) is 4.56. The molecule has 0 N–H and O–H groups in total. The average molecular weight is 575 g/mol. The quantitative estimate of drug-likeness (QED) is 0.169. The molecule has 7 heteroatoms. The molecule has 0 saturated carbocycles. The van der Waals surface area contributed by atoms with Crippen LogP contribution in [0.15, 0.2) is 81.6 Å². The van der Waals surface area contributed by atoms with Crippen LogP contribution in [0, 0.1) is 6.92 Å². The third kappa shape index (κ3) is 6.05. The first kappa shape index (κ1) is 27.3. The molecule has 4 aromatic rings. The second-order valence-electron chi connectivity index (χ2n) is 10.2. The highest BCUT2D eigenvalue weighted by atomic mass is 79.9. The van der Waals surface area contributed by atoms with Gasteiger partial charge in [-0.2, -0.15) is 9.78 Å². The minimum absolute atomic E-state index is 0.228. The SMILES string of the molecule is C=CCc1cc(C=Nn2c(C(C)(C)C)nc3ccc(Br)cc3c2=O)cc(OC)c1OCc1cccc(C)c1. The van der Waals surface area contributed by atoms with Crippen molar-refractivity contribution in [3.05, 3.63) is 110 Å². The highest BCUT2D eigenvalue weighted by Crippen LogP contribution is 2.34. The molecule has 196 valence electrons. The third-order valence-electron chi connectivity index (χ3n) is 6.01. The lowest BCUT2D eigenvalue weighted by Gasteiger charge is -2.21. The predicted molar refractivity (Wildman–Crippen MR) is 158 cm³/mol. The van der Waals surface area contributed by atoms with E-state index >= 15 is 0 Å². The van der Waals surface area contributed by atoms with E-state index in [-0.39, 0.29) is 5.56 Å². The van der Waals surface area contributed by atoms with Crippen molar-refractivity contribution < 1.29 is 9.47 Å². The number of hydrogen-bond acceptors (Lipinski definition) is 5. The van der Waals surface area contributed by atoms with Crippen molar-refractivity contribution in [3.63, 3.8) is 0 Å². The Morgan fingerprint density at radius 3 is 2.61 bits per heavy atom. The van der Waals surface area contributed by atoms with Gasteiger partial charge in [0.05, 0.1) is 24.2 Å². The zero-order valence-electron chi connectivity index (χ0n) is 22.4. The van der Waals surface area contributed by atoms with Crippen LogP contribution in [-0.2, 0) is 18.4 Å². The Morgan fingerprint density at radius 2 is 1.92 bits per heavy atom. The first-order valence-corrected chi connectivity index (χ1v) is 13.2. The molecule has 0 spiro atoms. The zero-order valence-corrected chi connectivity index (χ0v) is 24.0. The number of ether oxygens (including phenoxy) is 2. The van der Waals surface area contributed by atoms with Gasteiger partial charge in [0.1, 0.15) is 12.4 Å². The number of fused-ring (bicyclic) bond motifs is 1. The van der Waals surface area contributed by atoms with E-state index in [4.69, 9.17) is 14.5 Å². The van der Waals surface area contributed by atoms with E-state index in [1.165, 1.54) is 10.2 Å². The highest BCUT2D eigenvalue weighted by molar-refractivity contribution is 9.10. The summed E-state index contributed by atoms with van der Waals surface area (Å²) < 4.78 is 14.1. The molecule has 0 bridgehead atoms. The minimum Gasteiger partial charge on any atom is -0.493 e. The summed E-state index contributed by atoms with van der Waals surface area (Å²) in [5.41, 5.74) is 3.94. The molecule has 6 nitrogen and oxygen atoms in total. The van der Waals surface area contributed by atoms with Crippen molar-refractivity contribution in [1.29, 1.82) is 0 Å². The van der Waals surface area contributed by atoms with Crippen LogP contribution in [0.25, 0.3) is 10.9 Å². The van der Waals surface area contributed by atoms with Gasteiger partial charge in [0.15, 0.2) is 11.5 Å². The molecule has 0 unspecified atom stereocenters. The summed E-state index contributed by atoms with van der Waals surface area (Å²) in [6, 6.07) is 17.5. The van der Waals surface area contributed by atoms with E-state index in [0.29, 0.717) is 41.3 Å². The van der Waals surface area contributed by atoms with Crippen molar-refractivity contribution in [2.75, 3.05) is 7.11 Å². The van der Waals surface area contributed by atoms with Gasteiger partial charge in [-0.3, -0.25) is 4.79 Å². The molecule has 38 heavy (non-hydrogen) atoms. The summed E-state index contributed by atoms with van der Waals surface area (Å²) in [5.74, 6) is 1.82. The third-order valence-corrected chi connectivity index (χ3v) is 6.50. The molecular formula is C31H32BrN3O3. The van der Waals surface area contributed by atoms with Gasteiger partial charge in [0, 0.05) is 15.5 Å². The van der Waals surface area contributed by atoms with E-state index in [9.17, 15) is 4.79 Å². The molecule has 0 atom stereocenters. The maximum absolute atomic E-state index is 13.5. The number of aromatic nitrogens is 2. The summed E-state index contributed by atoms with van der Waals surface area (Å²) >= 11 is 3.45. The lowest BCUT2D eigenvalue weighted by molar-refractivity contribution is 0.282. The number of hydrogen-bond donors (Lipinski definition) is 0. The Hall–Kier alpha value is -3.71. The molecule has 1 aromatic heterocycles. The van der Waals surface area contributed by atoms with Crippen LogP contribution in [0.1, 0.15) is 48.8 Å². The Morgan fingerprint density at radius 1 is 1.13 bits per heavy atom. The molecule has 0 aliphatic heterocycles. The fraction of sp³-hybridized carbons (Fsp3) is 0.258. The van der Waals surface area contributed by atoms with Crippen LogP contribution in [0.3, 0.4) is 0 Å². The van der Waals surface area contributed by atoms with Gasteiger partial charge in [-0.15, -0.1) is 6.58 Å². The fourth-order valence-electron chi connectivity index (χ4n) is 4.20. The predicted octanol–water partition coefficient (Wildman–Crippen LogP) is 6.96. The Bertz CT molecular complexity index is 1580. The van der Waals surface area contributed by atoms with Gasteiger partial charge in [0.2, 0.25) is 0 Å². The molecule has 1 heterocycles. The molecule has 4 rings (SSSR count). The zero-order chi connectivity index (χ0) is 27.4. The molecule has 0 aliphatic carbocycles. The highest BCUT2D eigenvalue weighted by Gasteiger charge is 2.23. The average Bonchev–Trinajstić information content (AvgIpc) is 2.87. The molecule has 0 fully saturated rings. The monoisotopic (exact) mass is 573 g/mol. The first-order chi connectivity index (χ1) is 18.1. The summed E-state index contributed by atoms with van der Waals surface area (Å²) in [6.07, 6.45) is 4.06. The topological polar surface area (TPSA) is 65.7 Å². The largest absolute Gasteiger partial charge is 0.493 e. The van der Waals surface area contributed by atoms with E-state index < -0.39 is 5.41 Å². The smallest absolute Gasteiger partial charge is 0.282 e. The van der Waals surface area contributed by atoms with Crippen LogP contribution in [0.5, 0.6) is 11.5 Å². The molecule has 0 radical (unpaired) electrons. The second-order valence-corrected chi connectivity index (χ2v) is 11.1. The molecular weight excluding hydrogens is 542 g/mol. The Kier molecular flexibility index (Phi) is 8.17. The molecule has 0 saturated heterocycles. The van der Waals surface area contributed by atoms with Crippen LogP contribution in [0.4, 0.5) is 0 Å². The summed E-state index contributed by atoms with van der Waals surface area (Å²) in [5, 5.41) is 5.11. The Labute approximate surface area is 231 Å². The Balaban J connectivity index is 1.77. The number of rotatable bonds is 8. The number of nitrogens with zero attached hydrogens (tertiary/aromatic N) is 3. The van der Waals surface area contributed by atoms with Crippen LogP contribution >= 0.6 is 15.9 Å². The number of allylic oxidation sites excluding steroid dienone is 1. The molecule has 0 amide bonds. The maximum Gasteiger partial charge on any atom is 0.282 e. The van der Waals surface area contributed by atoms with Gasteiger partial charge in [-0.25, -0.2) is 4.98 Å². The van der Waals surface area contributed by atoms with Crippen molar-refractivity contribution in [2.24, 2.45) is 5.10 Å². The van der Waals surface area contributed by atoms with E-state index in [2.05, 4.69) is 46.7 Å². The summed E-state index contributed by atoms with van der Waals surface area (Å²) in [7, 11) is 1.61. The van der Waals surface area contributed by atoms with Crippen molar-refractivity contribution in [3.8, 4) is 11.5 Å². The van der Waals surface area contributed by atoms with E-state index in [0.717, 1.165) is 21.2 Å². The van der Waals surface area contributed by atoms with Gasteiger partial charge in [0.25, 0.3) is 5.56 Å². The number of benzene rings is 3. The van der Waals surface area contributed by atoms with Crippen LogP contribution in [-0.4, -0.2) is 23.0 Å². The number of methoxy groups -OCH3 is 1. The van der Waals surface area contributed by atoms with Gasteiger partial charge in [-0.1, -0.05) is 72.6 Å². The standard InChI is InChI=1S/C31H32BrN3O3/c1-7-9-23-15-22(16-27(37-6)28(23)38-19-21-11-8-10-20(2)14-21)18-33-35-29(36)25-17-24(32)12-13-26(25)34-30(35)31(3,4)5/h7-8,10-18H,1,9,19H2,2-6H3. The number of aryl methyl sites for hydroxylation is 1. The van der Waals surface area contributed by atoms with Crippen LogP contribution in [0.2, 0.25) is 0 Å². The normalized spacial score (nSPS) is 11.7. The van der Waals surface area contributed by atoms with Crippen molar-refractivity contribution in [2.45, 2.75) is 46.1 Å². The number of halogens is 1. The van der Waals surface area contributed by atoms with Gasteiger partial charge < -0.3 is 9.47 Å². The van der Waals surface area contributed by atoms with E-state index in [1.54, 1.807) is 19.4 Å². The second kappa shape index (κ2) is 11.4. The lowest BCUT2D eigenvalue weighted by Crippen LogP contribution is -2.29. The minimum atomic E-state index is -0.406. The van der Waals surface area contributed by atoms with E-state index in [1.807, 2.05) is 63.2 Å². The summed E-state index contributed by atoms with van der Waals surface area (Å²) in [4.78, 5) is 18.3. The van der Waals surface area contributed by atoms with Crippen LogP contribution < -0.4 is 15.0 Å². The molecule has 3 aromatic carbocycles. The van der Waals surface area contributed by atoms with Gasteiger partial charge in [-0.05, 0) is 54.8 Å². The van der Waals surface area contributed by atoms with Crippen molar-refractivity contribution >= 4 is 33.0 Å².